The predicted molar refractivity (Wildman–Crippen MR) is 143 cm³/mol. The summed E-state index contributed by atoms with van der Waals surface area (Å²) in [6.45, 7) is -9.86. The lowest BCUT2D eigenvalue weighted by molar-refractivity contribution is -0.382. The molecule has 0 unspecified atom stereocenters. The molecule has 0 aromatic rings. The average molecular weight is 850 g/mol. The van der Waals surface area contributed by atoms with E-state index in [0.717, 1.165) is 0 Å². The SMILES string of the molecule is CC(F)(F)C(F)(F)C(F)(F)S(=O)(=O)N1CCN(C(=O)C(=O)CCCNC(=O)C(=O)N2CCN(S(=O)(=O)C(F)(F)C(F)(F)C(F)(F)C(F)(F)F)CC2)CC1. The number of carbonyl (C=O) groups is 4. The highest BCUT2D eigenvalue weighted by Crippen LogP contribution is 2.55. The van der Waals surface area contributed by atoms with Crippen LogP contribution in [0, 0.1) is 0 Å². The van der Waals surface area contributed by atoms with Gasteiger partial charge in [0.2, 0.25) is 5.78 Å². The van der Waals surface area contributed by atoms with Crippen LogP contribution in [0.1, 0.15) is 19.8 Å². The van der Waals surface area contributed by atoms with Crippen molar-refractivity contribution in [1.29, 1.82) is 0 Å². The van der Waals surface area contributed by atoms with Gasteiger partial charge in [-0.25, -0.2) is 16.8 Å². The third-order valence-electron chi connectivity index (χ3n) is 7.71. The number of nitrogens with one attached hydrogen (secondary N) is 1. The van der Waals surface area contributed by atoms with Gasteiger partial charge in [-0.2, -0.15) is 74.5 Å². The summed E-state index contributed by atoms with van der Waals surface area (Å²) in [5.74, 6) is -32.4. The fourth-order valence-corrected chi connectivity index (χ4v) is 7.37. The maximum atomic E-state index is 14.1. The highest BCUT2D eigenvalue weighted by Gasteiger charge is 2.86. The second-order valence-electron chi connectivity index (χ2n) is 11.3. The molecule has 0 aromatic heterocycles. The van der Waals surface area contributed by atoms with E-state index in [0.29, 0.717) is 9.80 Å². The maximum absolute atomic E-state index is 14.1. The number of ketones is 1. The second-order valence-corrected chi connectivity index (χ2v) is 15.3. The topological polar surface area (TPSA) is 162 Å². The molecule has 2 aliphatic heterocycles. The van der Waals surface area contributed by atoms with Crippen LogP contribution in [-0.4, -0.2) is 158 Å². The van der Waals surface area contributed by atoms with E-state index in [9.17, 15) is 102 Å². The number of piperazine rings is 2. The van der Waals surface area contributed by atoms with Gasteiger partial charge in [-0.05, 0) is 6.42 Å². The smallest absolute Gasteiger partial charge is 0.348 e. The maximum Gasteiger partial charge on any atom is 0.460 e. The molecule has 0 bridgehead atoms. The van der Waals surface area contributed by atoms with Gasteiger partial charge in [0.25, 0.3) is 26.0 Å². The van der Waals surface area contributed by atoms with Crippen molar-refractivity contribution in [2.75, 3.05) is 58.9 Å². The lowest BCUT2D eigenvalue weighted by atomic mass is 10.1. The first-order valence-corrected chi connectivity index (χ1v) is 17.2. The van der Waals surface area contributed by atoms with Gasteiger partial charge in [0.05, 0.1) is 0 Å². The van der Waals surface area contributed by atoms with Crippen LogP contribution in [0.5, 0.6) is 0 Å². The minimum Gasteiger partial charge on any atom is -0.348 e. The van der Waals surface area contributed by atoms with E-state index >= 15 is 0 Å². The number of sulfonamides is 2. The molecule has 3 amide bonds. The van der Waals surface area contributed by atoms with E-state index in [1.54, 1.807) is 0 Å². The van der Waals surface area contributed by atoms with Crippen LogP contribution in [0.15, 0.2) is 0 Å². The Labute approximate surface area is 288 Å². The molecule has 0 atom stereocenters. The first-order chi connectivity index (χ1) is 23.6. The van der Waals surface area contributed by atoms with E-state index in [1.165, 1.54) is 0 Å². The van der Waals surface area contributed by atoms with E-state index in [-0.39, 0.29) is 4.31 Å². The molecular formula is C23H26F15N5O8S2. The molecule has 0 saturated carbocycles. The van der Waals surface area contributed by atoms with Crippen LogP contribution < -0.4 is 5.32 Å². The number of hydrogen-bond donors (Lipinski definition) is 1. The highest BCUT2D eigenvalue weighted by atomic mass is 32.2. The Kier molecular flexibility index (Phi) is 12.9. The summed E-state index contributed by atoms with van der Waals surface area (Å²) in [4.78, 5) is 50.1. The van der Waals surface area contributed by atoms with Crippen LogP contribution in [-0.2, 0) is 39.2 Å². The van der Waals surface area contributed by atoms with Gasteiger partial charge in [-0.1, -0.05) is 0 Å². The summed E-state index contributed by atoms with van der Waals surface area (Å²) in [7, 11) is -13.4. The van der Waals surface area contributed by atoms with Crippen molar-refractivity contribution in [2.24, 2.45) is 0 Å². The van der Waals surface area contributed by atoms with E-state index in [4.69, 9.17) is 0 Å². The molecule has 0 aromatic carbocycles. The first kappa shape index (κ1) is 46.0. The molecule has 2 heterocycles. The lowest BCUT2D eigenvalue weighted by Crippen LogP contribution is -2.66. The van der Waals surface area contributed by atoms with E-state index < -0.39 is 167 Å². The number of halogens is 15. The Balaban J connectivity index is 1.88. The molecule has 2 rings (SSSR count). The van der Waals surface area contributed by atoms with Crippen LogP contribution in [0.25, 0.3) is 0 Å². The molecular weight excluding hydrogens is 823 g/mol. The van der Waals surface area contributed by atoms with Crippen LogP contribution in [0.2, 0.25) is 0 Å². The summed E-state index contributed by atoms with van der Waals surface area (Å²) >= 11 is 0. The van der Waals surface area contributed by atoms with Crippen molar-refractivity contribution in [1.82, 2.24) is 23.7 Å². The Morgan fingerprint density at radius 2 is 0.906 bits per heavy atom. The summed E-state index contributed by atoms with van der Waals surface area (Å²) in [5.41, 5.74) is 0. The highest BCUT2D eigenvalue weighted by molar-refractivity contribution is 7.90. The average Bonchev–Trinajstić information content (AvgIpc) is 3.04. The molecule has 0 spiro atoms. The molecule has 308 valence electrons. The number of hydrogen-bond acceptors (Lipinski definition) is 8. The summed E-state index contributed by atoms with van der Waals surface area (Å²) in [6, 6.07) is 0. The zero-order valence-electron chi connectivity index (χ0n) is 26.3. The van der Waals surface area contributed by atoms with Crippen LogP contribution in [0.4, 0.5) is 65.9 Å². The van der Waals surface area contributed by atoms with E-state index in [1.807, 2.05) is 5.32 Å². The quantitative estimate of drug-likeness (QED) is 0.167. The van der Waals surface area contributed by atoms with Crippen molar-refractivity contribution in [3.05, 3.63) is 0 Å². The number of alkyl halides is 15. The van der Waals surface area contributed by atoms with Gasteiger partial charge < -0.3 is 15.1 Å². The van der Waals surface area contributed by atoms with Crippen molar-refractivity contribution in [2.45, 2.75) is 60.1 Å². The van der Waals surface area contributed by atoms with Crippen molar-refractivity contribution in [3.63, 3.8) is 0 Å². The van der Waals surface area contributed by atoms with Crippen molar-refractivity contribution < 1.29 is 102 Å². The standard InChI is InChI=1S/C23H26F15N5O8S2/c1-17(24,25)18(26,27)22(35,36)52(48,49)42-9-5-40(6-10-42)15(46)13(44)3-2-4-39-14(45)16(47)41-7-11-43(12-8-41)53(50,51)23(37,38)20(30,31)19(28,29)21(32,33)34/h2-12H2,1H3,(H,39,45). The molecule has 13 nitrogen and oxygen atoms in total. The van der Waals surface area contributed by atoms with Crippen LogP contribution >= 0.6 is 0 Å². The minimum absolute atomic E-state index is 0.278. The number of amides is 3. The predicted octanol–water partition coefficient (Wildman–Crippen LogP) is 1.71. The molecule has 1 N–H and O–H groups in total. The van der Waals surface area contributed by atoms with Crippen molar-refractivity contribution >= 4 is 43.6 Å². The monoisotopic (exact) mass is 849 g/mol. The van der Waals surface area contributed by atoms with E-state index in [2.05, 4.69) is 0 Å². The Bertz CT molecular complexity index is 1640. The number of Topliss-reactive ketones (excluding diaryl/α,β-unsaturated/α-hetero) is 1. The molecule has 53 heavy (non-hydrogen) atoms. The molecule has 0 aliphatic carbocycles. The van der Waals surface area contributed by atoms with Gasteiger partial charge >= 0.3 is 52.2 Å². The third-order valence-corrected chi connectivity index (χ3v) is 11.6. The fraction of sp³-hybridized carbons (Fsp3) is 0.826. The third kappa shape index (κ3) is 8.13. The molecule has 0 radical (unpaired) electrons. The number of nitrogens with zero attached hydrogens (tertiary/aromatic N) is 4. The number of rotatable bonds is 13. The van der Waals surface area contributed by atoms with Gasteiger partial charge in [-0.15, -0.1) is 0 Å². The minimum atomic E-state index is -7.50. The zero-order valence-corrected chi connectivity index (χ0v) is 28.0. The summed E-state index contributed by atoms with van der Waals surface area (Å²) < 4.78 is 248. The van der Waals surface area contributed by atoms with Crippen molar-refractivity contribution in [3.8, 4) is 0 Å². The van der Waals surface area contributed by atoms with Crippen LogP contribution in [0.3, 0.4) is 0 Å². The molecule has 2 saturated heterocycles. The second kappa shape index (κ2) is 14.8. The number of carbonyl (C=O) groups excluding carboxylic acids is 4. The summed E-state index contributed by atoms with van der Waals surface area (Å²) in [6.07, 6.45) is -8.41. The van der Waals surface area contributed by atoms with Gasteiger partial charge in [0.1, 0.15) is 0 Å². The first-order valence-electron chi connectivity index (χ1n) is 14.3. The normalized spacial score (nSPS) is 18.6. The van der Waals surface area contributed by atoms with Gasteiger partial charge in [-0.3, -0.25) is 19.2 Å². The molecule has 2 fully saturated rings. The summed E-state index contributed by atoms with van der Waals surface area (Å²) in [5, 5.41) is -11.4. The fourth-order valence-electron chi connectivity index (χ4n) is 4.48. The lowest BCUT2D eigenvalue weighted by Gasteiger charge is -2.38. The molecule has 30 heteroatoms. The van der Waals surface area contributed by atoms with Gasteiger partial charge in [0, 0.05) is 72.2 Å². The van der Waals surface area contributed by atoms with Gasteiger partial charge in [0.15, 0.2) is 0 Å². The Hall–Kier alpha value is -3.15. The largest absolute Gasteiger partial charge is 0.460 e. The zero-order chi connectivity index (χ0) is 41.6. The molecule has 2 aliphatic rings. The Morgan fingerprint density at radius 1 is 0.547 bits per heavy atom. The Morgan fingerprint density at radius 3 is 1.26 bits per heavy atom.